The Kier molecular flexibility index (Phi) is 3.72. The van der Waals surface area contributed by atoms with Crippen molar-refractivity contribution in [1.29, 1.82) is 0 Å². The molecule has 1 aromatic carbocycles. The number of sulfone groups is 1. The van der Waals surface area contributed by atoms with Gasteiger partial charge in [0.25, 0.3) is 5.91 Å². The lowest BCUT2D eigenvalue weighted by Crippen LogP contribution is -2.39. The molecule has 2 aliphatic heterocycles. The summed E-state index contributed by atoms with van der Waals surface area (Å²) < 4.78 is 27.0. The van der Waals surface area contributed by atoms with Crippen molar-refractivity contribution in [2.75, 3.05) is 13.1 Å². The minimum absolute atomic E-state index is 0.155. The molecule has 1 atom stereocenters. The van der Waals surface area contributed by atoms with Crippen LogP contribution in [0.3, 0.4) is 0 Å². The number of hydrogen-bond acceptors (Lipinski definition) is 4. The first kappa shape index (κ1) is 16.3. The normalized spacial score (nSPS) is 21.5. The Labute approximate surface area is 147 Å². The molecule has 0 saturated carbocycles. The van der Waals surface area contributed by atoms with Gasteiger partial charge in [0.15, 0.2) is 15.5 Å². The Morgan fingerprint density at radius 3 is 2.80 bits per heavy atom. The first-order valence-electron chi connectivity index (χ1n) is 8.56. The molecule has 0 aliphatic carbocycles. The van der Waals surface area contributed by atoms with Crippen LogP contribution in [-0.2, 0) is 22.6 Å². The molecule has 1 amide bonds. The standard InChI is InChI=1S/C18H21N3O3S/c1-12-6-5-9-21(10-12)18(22)16-14-11-25(23,24)15-8-4-3-7-13(15)17(14)20(2)19-16/h3-4,7-8,12H,5-6,9-11H2,1-2H3/t12-/m1/s1. The van der Waals surface area contributed by atoms with Crippen molar-refractivity contribution in [3.8, 4) is 11.3 Å². The van der Waals surface area contributed by atoms with Crippen LogP contribution >= 0.6 is 0 Å². The number of fused-ring (bicyclic) bond motifs is 3. The summed E-state index contributed by atoms with van der Waals surface area (Å²) in [7, 11) is -1.70. The van der Waals surface area contributed by atoms with Crippen molar-refractivity contribution in [1.82, 2.24) is 14.7 Å². The average Bonchev–Trinajstić information content (AvgIpc) is 2.90. The third kappa shape index (κ3) is 2.57. The van der Waals surface area contributed by atoms with E-state index >= 15 is 0 Å². The number of rotatable bonds is 1. The molecule has 132 valence electrons. The van der Waals surface area contributed by atoms with Gasteiger partial charge < -0.3 is 4.90 Å². The van der Waals surface area contributed by atoms with Crippen LogP contribution in [0, 0.1) is 5.92 Å². The maximum Gasteiger partial charge on any atom is 0.274 e. The highest BCUT2D eigenvalue weighted by Crippen LogP contribution is 2.39. The summed E-state index contributed by atoms with van der Waals surface area (Å²) >= 11 is 0. The number of benzene rings is 1. The van der Waals surface area contributed by atoms with Gasteiger partial charge in [-0.1, -0.05) is 25.1 Å². The zero-order chi connectivity index (χ0) is 17.8. The van der Waals surface area contributed by atoms with Crippen molar-refractivity contribution < 1.29 is 13.2 Å². The lowest BCUT2D eigenvalue weighted by atomic mass is 9.99. The van der Waals surface area contributed by atoms with Gasteiger partial charge in [-0.25, -0.2) is 8.42 Å². The fourth-order valence-electron chi connectivity index (χ4n) is 3.94. The third-order valence-corrected chi connectivity index (χ3v) is 6.80. The Hall–Kier alpha value is -2.15. The second-order valence-electron chi connectivity index (χ2n) is 7.05. The van der Waals surface area contributed by atoms with E-state index in [0.717, 1.165) is 18.5 Å². The average molecular weight is 359 g/mol. The number of hydrogen-bond donors (Lipinski definition) is 0. The highest BCUT2D eigenvalue weighted by molar-refractivity contribution is 7.90. The molecule has 6 nitrogen and oxygen atoms in total. The molecule has 1 fully saturated rings. The van der Waals surface area contributed by atoms with Gasteiger partial charge in [0.05, 0.1) is 16.3 Å². The molecule has 7 heteroatoms. The van der Waals surface area contributed by atoms with Crippen LogP contribution in [0.15, 0.2) is 29.2 Å². The maximum atomic E-state index is 13.0. The molecule has 0 N–H and O–H groups in total. The maximum absolute atomic E-state index is 13.0. The number of carbonyl (C=O) groups excluding carboxylic acids is 1. The van der Waals surface area contributed by atoms with Crippen molar-refractivity contribution >= 4 is 15.7 Å². The monoisotopic (exact) mass is 359 g/mol. The summed E-state index contributed by atoms with van der Waals surface area (Å²) in [6, 6.07) is 6.93. The molecule has 2 aliphatic rings. The predicted molar refractivity (Wildman–Crippen MR) is 93.8 cm³/mol. The largest absolute Gasteiger partial charge is 0.337 e. The van der Waals surface area contributed by atoms with Crippen LogP contribution in [0.2, 0.25) is 0 Å². The van der Waals surface area contributed by atoms with Crippen LogP contribution in [0.4, 0.5) is 0 Å². The van der Waals surface area contributed by atoms with Crippen molar-refractivity contribution in [2.24, 2.45) is 13.0 Å². The first-order chi connectivity index (χ1) is 11.9. The van der Waals surface area contributed by atoms with Gasteiger partial charge in [-0.3, -0.25) is 9.48 Å². The summed E-state index contributed by atoms with van der Waals surface area (Å²) in [6.45, 7) is 3.54. The number of piperidine rings is 1. The van der Waals surface area contributed by atoms with Crippen molar-refractivity contribution in [3.05, 3.63) is 35.5 Å². The number of amides is 1. The summed E-state index contributed by atoms with van der Waals surface area (Å²) in [6.07, 6.45) is 2.09. The van der Waals surface area contributed by atoms with Gasteiger partial charge in [0.2, 0.25) is 0 Å². The second-order valence-corrected chi connectivity index (χ2v) is 9.01. The van der Waals surface area contributed by atoms with Gasteiger partial charge >= 0.3 is 0 Å². The molecule has 1 aromatic heterocycles. The molecule has 0 unspecified atom stereocenters. The third-order valence-electron chi connectivity index (χ3n) is 5.10. The van der Waals surface area contributed by atoms with Gasteiger partial charge in [0, 0.05) is 31.3 Å². The van der Waals surface area contributed by atoms with E-state index in [9.17, 15) is 13.2 Å². The van der Waals surface area contributed by atoms with Crippen molar-refractivity contribution in [2.45, 2.75) is 30.4 Å². The van der Waals surface area contributed by atoms with Crippen molar-refractivity contribution in [3.63, 3.8) is 0 Å². The minimum atomic E-state index is -3.46. The molecule has 1 saturated heterocycles. The number of aromatic nitrogens is 2. The number of aryl methyl sites for hydroxylation is 1. The fourth-order valence-corrected chi connectivity index (χ4v) is 5.53. The Morgan fingerprint density at radius 2 is 2.04 bits per heavy atom. The van der Waals surface area contributed by atoms with E-state index in [1.807, 2.05) is 11.0 Å². The second kappa shape index (κ2) is 5.69. The molecule has 0 bridgehead atoms. The molecule has 0 spiro atoms. The topological polar surface area (TPSA) is 72.3 Å². The van der Waals surface area contributed by atoms with E-state index < -0.39 is 9.84 Å². The SMILES string of the molecule is C[C@@H]1CCCN(C(=O)c2nn(C)c3c2CS(=O)(=O)c2ccccc2-3)C1. The summed E-state index contributed by atoms with van der Waals surface area (Å²) in [5.41, 5.74) is 2.18. The highest BCUT2D eigenvalue weighted by Gasteiger charge is 2.36. The fraction of sp³-hybridized carbons (Fsp3) is 0.444. The molecule has 4 rings (SSSR count). The number of likely N-dealkylation sites (tertiary alicyclic amines) is 1. The highest BCUT2D eigenvalue weighted by atomic mass is 32.2. The summed E-state index contributed by atoms with van der Waals surface area (Å²) in [4.78, 5) is 15.1. The first-order valence-corrected chi connectivity index (χ1v) is 10.2. The predicted octanol–water partition coefficient (Wildman–Crippen LogP) is 2.25. The lowest BCUT2D eigenvalue weighted by molar-refractivity contribution is 0.0675. The molecular weight excluding hydrogens is 338 g/mol. The van der Waals surface area contributed by atoms with E-state index in [1.165, 1.54) is 0 Å². The number of carbonyl (C=O) groups is 1. The van der Waals surface area contributed by atoms with Gasteiger partial charge in [-0.2, -0.15) is 5.10 Å². The number of nitrogens with zero attached hydrogens (tertiary/aromatic N) is 3. The molecule has 0 radical (unpaired) electrons. The van der Waals surface area contributed by atoms with E-state index in [0.29, 0.717) is 35.0 Å². The lowest BCUT2D eigenvalue weighted by Gasteiger charge is -2.30. The van der Waals surface area contributed by atoms with Gasteiger partial charge in [-0.05, 0) is 24.8 Å². The quantitative estimate of drug-likeness (QED) is 0.783. The Balaban J connectivity index is 1.83. The Bertz CT molecular complexity index is 962. The summed E-state index contributed by atoms with van der Waals surface area (Å²) in [5.74, 6) is 0.136. The molecule has 2 aromatic rings. The van der Waals surface area contributed by atoms with Crippen LogP contribution in [0.5, 0.6) is 0 Å². The van der Waals surface area contributed by atoms with Crippen LogP contribution in [0.25, 0.3) is 11.3 Å². The van der Waals surface area contributed by atoms with Gasteiger partial charge in [0.1, 0.15) is 0 Å². The molecular formula is C18H21N3O3S. The Morgan fingerprint density at radius 1 is 1.28 bits per heavy atom. The zero-order valence-electron chi connectivity index (χ0n) is 14.4. The zero-order valence-corrected chi connectivity index (χ0v) is 15.2. The molecule has 3 heterocycles. The smallest absolute Gasteiger partial charge is 0.274 e. The van der Waals surface area contributed by atoms with E-state index in [2.05, 4.69) is 12.0 Å². The van der Waals surface area contributed by atoms with E-state index in [4.69, 9.17) is 0 Å². The van der Waals surface area contributed by atoms with E-state index in [1.54, 1.807) is 29.9 Å². The van der Waals surface area contributed by atoms with Crippen LogP contribution < -0.4 is 0 Å². The molecule has 25 heavy (non-hydrogen) atoms. The van der Waals surface area contributed by atoms with Gasteiger partial charge in [-0.15, -0.1) is 0 Å². The van der Waals surface area contributed by atoms with E-state index in [-0.39, 0.29) is 17.4 Å². The minimum Gasteiger partial charge on any atom is -0.337 e. The van der Waals surface area contributed by atoms with Crippen LogP contribution in [-0.4, -0.2) is 42.1 Å². The van der Waals surface area contributed by atoms with Crippen LogP contribution in [0.1, 0.15) is 35.8 Å². The summed E-state index contributed by atoms with van der Waals surface area (Å²) in [5, 5.41) is 4.42.